The maximum Gasteiger partial charge on any atom is 0.152 e. The first-order chi connectivity index (χ1) is 6.16. The number of hydrogen-bond acceptors (Lipinski definition) is 2. The Labute approximate surface area is 76.5 Å². The molecule has 1 aromatic rings. The third kappa shape index (κ3) is 1.29. The van der Waals surface area contributed by atoms with E-state index in [1.165, 1.54) is 0 Å². The number of methoxy groups -OCH3 is 1. The summed E-state index contributed by atoms with van der Waals surface area (Å²) < 4.78 is 18.8. The van der Waals surface area contributed by atoms with E-state index in [0.717, 1.165) is 0 Å². The van der Waals surface area contributed by atoms with Gasteiger partial charge in [-0.25, -0.2) is 4.39 Å². The lowest BCUT2D eigenvalue weighted by Gasteiger charge is -2.07. The van der Waals surface area contributed by atoms with Gasteiger partial charge in [-0.2, -0.15) is 0 Å². The molecule has 0 aliphatic heterocycles. The summed E-state index contributed by atoms with van der Waals surface area (Å²) in [5.41, 5.74) is 4.82. The van der Waals surface area contributed by atoms with Crippen LogP contribution in [0.4, 0.5) is 4.39 Å². The van der Waals surface area contributed by atoms with E-state index in [4.69, 9.17) is 10.5 Å². The lowest BCUT2D eigenvalue weighted by molar-refractivity contribution is 0.304. The van der Waals surface area contributed by atoms with Gasteiger partial charge in [-0.15, -0.1) is 0 Å². The molecule has 0 bridgehead atoms. The van der Waals surface area contributed by atoms with Crippen molar-refractivity contribution < 1.29 is 9.13 Å². The smallest absolute Gasteiger partial charge is 0.152 e. The highest BCUT2D eigenvalue weighted by Gasteiger charge is 2.54. The molecule has 3 heteroatoms. The molecule has 0 unspecified atom stereocenters. The van der Waals surface area contributed by atoms with Gasteiger partial charge in [0.25, 0.3) is 0 Å². The maximum absolute atomic E-state index is 13.8. The molecule has 1 fully saturated rings. The van der Waals surface area contributed by atoms with E-state index in [1.807, 2.05) is 0 Å². The summed E-state index contributed by atoms with van der Waals surface area (Å²) in [7, 11) is 1.57. The fourth-order valence-electron chi connectivity index (χ4n) is 1.47. The minimum Gasteiger partial charge on any atom is -0.497 e. The number of rotatable bonds is 2. The summed E-state index contributed by atoms with van der Waals surface area (Å²) in [5.74, 6) is 0.675. The molecule has 70 valence electrons. The summed E-state index contributed by atoms with van der Waals surface area (Å²) in [6.45, 7) is 0. The summed E-state index contributed by atoms with van der Waals surface area (Å²) in [6, 6.07) is 6.67. The normalized spacial score (nSPS) is 31.5. The van der Waals surface area contributed by atoms with Gasteiger partial charge in [0.1, 0.15) is 5.75 Å². The van der Waals surface area contributed by atoms with Crippen LogP contribution in [-0.2, 0) is 5.67 Å². The first kappa shape index (κ1) is 8.51. The van der Waals surface area contributed by atoms with E-state index >= 15 is 0 Å². The molecule has 1 saturated carbocycles. The number of nitrogens with two attached hydrogens (primary N) is 1. The second-order valence-electron chi connectivity index (χ2n) is 3.41. The van der Waals surface area contributed by atoms with Crippen molar-refractivity contribution in [1.29, 1.82) is 0 Å². The highest BCUT2D eigenvalue weighted by Crippen LogP contribution is 2.48. The van der Waals surface area contributed by atoms with E-state index in [1.54, 1.807) is 31.4 Å². The van der Waals surface area contributed by atoms with Crippen LogP contribution in [0.25, 0.3) is 0 Å². The van der Waals surface area contributed by atoms with Crippen LogP contribution in [0.5, 0.6) is 5.75 Å². The molecule has 13 heavy (non-hydrogen) atoms. The van der Waals surface area contributed by atoms with Gasteiger partial charge in [-0.3, -0.25) is 0 Å². The van der Waals surface area contributed by atoms with Gasteiger partial charge in [-0.1, -0.05) is 12.1 Å². The Morgan fingerprint density at radius 2 is 2.31 bits per heavy atom. The standard InChI is InChI=1S/C10H12FNO/c1-13-8-4-2-3-7(5-8)10(11)6-9(10)12/h2-5,9H,6,12H2,1H3/t9-,10+/m0/s1. The van der Waals surface area contributed by atoms with Crippen LogP contribution >= 0.6 is 0 Å². The lowest BCUT2D eigenvalue weighted by atomic mass is 10.1. The van der Waals surface area contributed by atoms with Crippen LogP contribution in [-0.4, -0.2) is 13.2 Å². The number of alkyl halides is 1. The Balaban J connectivity index is 2.31. The van der Waals surface area contributed by atoms with E-state index < -0.39 is 5.67 Å². The highest BCUT2D eigenvalue weighted by atomic mass is 19.1. The SMILES string of the molecule is COc1cccc([C@]2(F)C[C@@H]2N)c1. The van der Waals surface area contributed by atoms with Crippen LogP contribution in [0.15, 0.2) is 24.3 Å². The van der Waals surface area contributed by atoms with Crippen molar-refractivity contribution in [3.05, 3.63) is 29.8 Å². The molecule has 0 aromatic heterocycles. The second-order valence-corrected chi connectivity index (χ2v) is 3.41. The topological polar surface area (TPSA) is 35.2 Å². The first-order valence-corrected chi connectivity index (χ1v) is 4.26. The number of benzene rings is 1. The Morgan fingerprint density at radius 3 is 2.85 bits per heavy atom. The van der Waals surface area contributed by atoms with Crippen molar-refractivity contribution in [1.82, 2.24) is 0 Å². The van der Waals surface area contributed by atoms with Gasteiger partial charge in [0.05, 0.1) is 7.11 Å². The molecule has 2 atom stereocenters. The lowest BCUT2D eigenvalue weighted by Crippen LogP contribution is -2.13. The maximum atomic E-state index is 13.8. The van der Waals surface area contributed by atoms with E-state index in [0.29, 0.717) is 17.7 Å². The van der Waals surface area contributed by atoms with Gasteiger partial charge < -0.3 is 10.5 Å². The molecule has 1 aliphatic rings. The Hall–Kier alpha value is -1.09. The highest BCUT2D eigenvalue weighted by molar-refractivity contribution is 5.37. The van der Waals surface area contributed by atoms with Crippen LogP contribution in [0.1, 0.15) is 12.0 Å². The molecule has 0 radical (unpaired) electrons. The molecule has 0 amide bonds. The predicted octanol–water partition coefficient (Wildman–Crippen LogP) is 1.59. The van der Waals surface area contributed by atoms with Crippen molar-refractivity contribution in [2.24, 2.45) is 5.73 Å². The van der Waals surface area contributed by atoms with Crippen LogP contribution < -0.4 is 10.5 Å². The molecule has 0 spiro atoms. The fourth-order valence-corrected chi connectivity index (χ4v) is 1.47. The molecule has 1 aliphatic carbocycles. The molecule has 2 nitrogen and oxygen atoms in total. The van der Waals surface area contributed by atoms with Gasteiger partial charge in [0.2, 0.25) is 0 Å². The zero-order chi connectivity index (χ0) is 9.47. The molecular weight excluding hydrogens is 169 g/mol. The molecule has 2 N–H and O–H groups in total. The average molecular weight is 181 g/mol. The Bertz CT molecular complexity index is 328. The third-order valence-electron chi connectivity index (χ3n) is 2.49. The predicted molar refractivity (Wildman–Crippen MR) is 48.4 cm³/mol. The Kier molecular flexibility index (Phi) is 1.77. The second kappa shape index (κ2) is 2.70. The van der Waals surface area contributed by atoms with Gasteiger partial charge >= 0.3 is 0 Å². The van der Waals surface area contributed by atoms with Gasteiger partial charge in [-0.05, 0) is 17.7 Å². The fraction of sp³-hybridized carbons (Fsp3) is 0.400. The summed E-state index contributed by atoms with van der Waals surface area (Å²) in [5, 5.41) is 0. The first-order valence-electron chi connectivity index (χ1n) is 4.26. The van der Waals surface area contributed by atoms with Crippen molar-refractivity contribution >= 4 is 0 Å². The van der Waals surface area contributed by atoms with E-state index in [2.05, 4.69) is 0 Å². The quantitative estimate of drug-likeness (QED) is 0.752. The molecular formula is C10H12FNO. The van der Waals surface area contributed by atoms with Crippen molar-refractivity contribution in [3.8, 4) is 5.75 Å². The van der Waals surface area contributed by atoms with Crippen molar-refractivity contribution in [2.75, 3.05) is 7.11 Å². The van der Waals surface area contributed by atoms with Crippen LogP contribution in [0.2, 0.25) is 0 Å². The number of ether oxygens (including phenoxy) is 1. The number of halogens is 1. The molecule has 2 rings (SSSR count). The Morgan fingerprint density at radius 1 is 1.62 bits per heavy atom. The summed E-state index contributed by atoms with van der Waals surface area (Å²) in [6.07, 6.45) is 0.417. The van der Waals surface area contributed by atoms with Crippen LogP contribution in [0.3, 0.4) is 0 Å². The molecule has 0 saturated heterocycles. The summed E-state index contributed by atoms with van der Waals surface area (Å²) >= 11 is 0. The minimum atomic E-state index is -1.31. The number of hydrogen-bond donors (Lipinski definition) is 1. The van der Waals surface area contributed by atoms with Gasteiger partial charge in [0.15, 0.2) is 5.67 Å². The van der Waals surface area contributed by atoms with Crippen molar-refractivity contribution in [2.45, 2.75) is 18.1 Å². The monoisotopic (exact) mass is 181 g/mol. The van der Waals surface area contributed by atoms with E-state index in [-0.39, 0.29) is 6.04 Å². The summed E-state index contributed by atoms with van der Waals surface area (Å²) in [4.78, 5) is 0. The van der Waals surface area contributed by atoms with Gasteiger partial charge in [0, 0.05) is 12.5 Å². The van der Waals surface area contributed by atoms with Crippen LogP contribution in [0, 0.1) is 0 Å². The zero-order valence-corrected chi connectivity index (χ0v) is 7.46. The van der Waals surface area contributed by atoms with E-state index in [9.17, 15) is 4.39 Å². The zero-order valence-electron chi connectivity index (χ0n) is 7.46. The molecule has 0 heterocycles. The minimum absolute atomic E-state index is 0.348. The third-order valence-corrected chi connectivity index (χ3v) is 2.49. The largest absolute Gasteiger partial charge is 0.497 e. The molecule has 1 aromatic carbocycles. The van der Waals surface area contributed by atoms with Crippen molar-refractivity contribution in [3.63, 3.8) is 0 Å². The average Bonchev–Trinajstić information content (AvgIpc) is 2.77.